The van der Waals surface area contributed by atoms with E-state index in [2.05, 4.69) is 10.4 Å². The number of rotatable bonds is 8. The Hall–Kier alpha value is -3.81. The quantitative estimate of drug-likeness (QED) is 0.260. The Morgan fingerprint density at radius 2 is 1.73 bits per heavy atom. The fraction of sp³-hybridized carbons (Fsp3) is 0.179. The van der Waals surface area contributed by atoms with Gasteiger partial charge in [0.2, 0.25) is 0 Å². The number of carbonyl (C=O) groups excluding carboxylic acids is 2. The number of methoxy groups -OCH3 is 1. The Bertz CT molecular complexity index is 1450. The van der Waals surface area contributed by atoms with Crippen LogP contribution in [0.4, 0.5) is 5.69 Å². The summed E-state index contributed by atoms with van der Waals surface area (Å²) in [5.74, 6) is -0.130. The highest BCUT2D eigenvalue weighted by Crippen LogP contribution is 2.28. The molecule has 1 amide bonds. The van der Waals surface area contributed by atoms with E-state index in [4.69, 9.17) is 32.7 Å². The minimum Gasteiger partial charge on any atom is -0.487 e. The van der Waals surface area contributed by atoms with Crippen molar-refractivity contribution in [2.75, 3.05) is 12.4 Å². The lowest BCUT2D eigenvalue weighted by molar-refractivity contribution is 0.0599. The summed E-state index contributed by atoms with van der Waals surface area (Å²) in [6, 6.07) is 19.4. The summed E-state index contributed by atoms with van der Waals surface area (Å²) in [5.41, 5.74) is 4.70. The van der Waals surface area contributed by atoms with Gasteiger partial charge in [-0.1, -0.05) is 53.5 Å². The number of esters is 1. The summed E-state index contributed by atoms with van der Waals surface area (Å²) in [6.45, 7) is 4.35. The molecule has 4 aromatic rings. The second kappa shape index (κ2) is 11.5. The van der Waals surface area contributed by atoms with Gasteiger partial charge in [-0.3, -0.25) is 9.48 Å². The molecule has 0 aliphatic heterocycles. The van der Waals surface area contributed by atoms with Crippen LogP contribution in [0.15, 0.2) is 66.7 Å². The van der Waals surface area contributed by atoms with Crippen LogP contribution in [-0.4, -0.2) is 28.8 Å². The number of aryl methyl sites for hydroxylation is 1. The lowest BCUT2D eigenvalue weighted by Gasteiger charge is -2.11. The monoisotopic (exact) mass is 537 g/mol. The van der Waals surface area contributed by atoms with Crippen molar-refractivity contribution in [1.82, 2.24) is 9.78 Å². The lowest BCUT2D eigenvalue weighted by atomic mass is 10.1. The highest BCUT2D eigenvalue weighted by atomic mass is 35.5. The zero-order valence-electron chi connectivity index (χ0n) is 20.5. The summed E-state index contributed by atoms with van der Waals surface area (Å²) in [7, 11) is 1.35. The number of hydrogen-bond donors (Lipinski definition) is 1. The number of nitrogens with one attached hydrogen (secondary N) is 1. The zero-order valence-corrected chi connectivity index (χ0v) is 22.1. The second-order valence-electron chi connectivity index (χ2n) is 8.37. The van der Waals surface area contributed by atoms with Crippen molar-refractivity contribution < 1.29 is 19.1 Å². The molecule has 190 valence electrons. The van der Waals surface area contributed by atoms with E-state index in [0.717, 1.165) is 16.8 Å². The standard InChI is InChI=1S/C28H25Cl2N3O4/c1-17-26(18(2)33(32-17)15-21-6-4-5-7-23(21)28(35)36-3)31-27(34)20-10-8-19(9-11-20)16-37-25-13-12-22(29)14-24(25)30/h4-14H,15-16H2,1-3H3,(H,31,34). The summed E-state index contributed by atoms with van der Waals surface area (Å²) in [4.78, 5) is 25.1. The van der Waals surface area contributed by atoms with Gasteiger partial charge < -0.3 is 14.8 Å². The van der Waals surface area contributed by atoms with Gasteiger partial charge in [-0.15, -0.1) is 0 Å². The van der Waals surface area contributed by atoms with Crippen molar-refractivity contribution in [3.8, 4) is 5.75 Å². The number of carbonyl (C=O) groups is 2. The largest absolute Gasteiger partial charge is 0.487 e. The number of anilines is 1. The predicted molar refractivity (Wildman–Crippen MR) is 144 cm³/mol. The van der Waals surface area contributed by atoms with Gasteiger partial charge in [0.15, 0.2) is 0 Å². The average Bonchev–Trinajstić information content (AvgIpc) is 3.15. The molecule has 0 aliphatic rings. The number of ether oxygens (including phenoxy) is 2. The Morgan fingerprint density at radius 3 is 2.43 bits per heavy atom. The molecule has 1 aromatic heterocycles. The molecule has 0 bridgehead atoms. The minimum absolute atomic E-state index is 0.256. The van der Waals surface area contributed by atoms with E-state index >= 15 is 0 Å². The van der Waals surface area contributed by atoms with Crippen molar-refractivity contribution >= 4 is 40.8 Å². The molecular weight excluding hydrogens is 513 g/mol. The Morgan fingerprint density at radius 1 is 1.00 bits per heavy atom. The van der Waals surface area contributed by atoms with Gasteiger partial charge in [-0.2, -0.15) is 5.10 Å². The number of aromatic nitrogens is 2. The van der Waals surface area contributed by atoms with Crippen molar-refractivity contribution in [1.29, 1.82) is 0 Å². The normalized spacial score (nSPS) is 10.7. The molecule has 1 heterocycles. The topological polar surface area (TPSA) is 82.5 Å². The number of amides is 1. The molecule has 9 heteroatoms. The van der Waals surface area contributed by atoms with Gasteiger partial charge >= 0.3 is 5.97 Å². The molecule has 37 heavy (non-hydrogen) atoms. The van der Waals surface area contributed by atoms with Gasteiger partial charge in [-0.05, 0) is 61.4 Å². The molecule has 0 atom stereocenters. The number of halogens is 2. The van der Waals surface area contributed by atoms with E-state index in [0.29, 0.717) is 51.5 Å². The third-order valence-electron chi connectivity index (χ3n) is 5.87. The van der Waals surface area contributed by atoms with Crippen molar-refractivity contribution in [3.63, 3.8) is 0 Å². The summed E-state index contributed by atoms with van der Waals surface area (Å²) in [6.07, 6.45) is 0. The predicted octanol–water partition coefficient (Wildman–Crippen LogP) is 6.47. The summed E-state index contributed by atoms with van der Waals surface area (Å²) in [5, 5.41) is 8.51. The van der Waals surface area contributed by atoms with E-state index in [1.54, 1.807) is 47.1 Å². The van der Waals surface area contributed by atoms with Gasteiger partial charge in [0.1, 0.15) is 12.4 Å². The van der Waals surface area contributed by atoms with Crippen LogP contribution in [0.5, 0.6) is 5.75 Å². The first-order valence-corrected chi connectivity index (χ1v) is 12.2. The maximum Gasteiger partial charge on any atom is 0.338 e. The van der Waals surface area contributed by atoms with E-state index in [1.807, 2.05) is 38.1 Å². The van der Waals surface area contributed by atoms with E-state index in [9.17, 15) is 9.59 Å². The molecule has 0 aliphatic carbocycles. The lowest BCUT2D eigenvalue weighted by Crippen LogP contribution is -2.14. The van der Waals surface area contributed by atoms with Gasteiger partial charge in [0.25, 0.3) is 5.91 Å². The first-order chi connectivity index (χ1) is 17.8. The molecule has 0 spiro atoms. The van der Waals surface area contributed by atoms with Crippen LogP contribution < -0.4 is 10.1 Å². The highest BCUT2D eigenvalue weighted by molar-refractivity contribution is 6.35. The highest BCUT2D eigenvalue weighted by Gasteiger charge is 2.18. The maximum absolute atomic E-state index is 13.0. The molecule has 0 saturated heterocycles. The first kappa shape index (κ1) is 26.3. The summed E-state index contributed by atoms with van der Waals surface area (Å²) < 4.78 is 12.4. The SMILES string of the molecule is COC(=O)c1ccccc1Cn1nc(C)c(NC(=O)c2ccc(COc3ccc(Cl)cc3Cl)cc2)c1C. The zero-order chi connectivity index (χ0) is 26.5. The number of hydrogen-bond acceptors (Lipinski definition) is 5. The number of nitrogens with zero attached hydrogens (tertiary/aromatic N) is 2. The molecule has 0 unspecified atom stereocenters. The van der Waals surface area contributed by atoms with E-state index in [-0.39, 0.29) is 5.91 Å². The van der Waals surface area contributed by atoms with Crippen LogP contribution in [-0.2, 0) is 17.9 Å². The van der Waals surface area contributed by atoms with Crippen LogP contribution >= 0.6 is 23.2 Å². The van der Waals surface area contributed by atoms with Crippen LogP contribution in [0.25, 0.3) is 0 Å². The average molecular weight is 538 g/mol. The molecule has 7 nitrogen and oxygen atoms in total. The third-order valence-corrected chi connectivity index (χ3v) is 6.40. The molecule has 3 aromatic carbocycles. The molecule has 0 fully saturated rings. The molecular formula is C28H25Cl2N3O4. The minimum atomic E-state index is -0.407. The van der Waals surface area contributed by atoms with Crippen LogP contribution in [0, 0.1) is 13.8 Å². The molecule has 0 radical (unpaired) electrons. The van der Waals surface area contributed by atoms with Crippen LogP contribution in [0.3, 0.4) is 0 Å². The second-order valence-corrected chi connectivity index (χ2v) is 9.21. The van der Waals surface area contributed by atoms with Gasteiger partial charge in [-0.25, -0.2) is 4.79 Å². The fourth-order valence-corrected chi connectivity index (χ4v) is 4.31. The molecule has 0 saturated carbocycles. The Balaban J connectivity index is 1.43. The number of benzene rings is 3. The molecule has 1 N–H and O–H groups in total. The van der Waals surface area contributed by atoms with E-state index < -0.39 is 5.97 Å². The summed E-state index contributed by atoms with van der Waals surface area (Å²) >= 11 is 12.1. The third kappa shape index (κ3) is 6.13. The van der Waals surface area contributed by atoms with Crippen LogP contribution in [0.1, 0.15) is 43.2 Å². The Labute approximate surface area is 224 Å². The molecule has 4 rings (SSSR count). The van der Waals surface area contributed by atoms with Crippen molar-refractivity contribution in [3.05, 3.63) is 110 Å². The van der Waals surface area contributed by atoms with Crippen LogP contribution in [0.2, 0.25) is 10.0 Å². The Kier molecular flexibility index (Phi) is 8.16. The van der Waals surface area contributed by atoms with Crippen molar-refractivity contribution in [2.24, 2.45) is 0 Å². The fourth-order valence-electron chi connectivity index (χ4n) is 3.85. The van der Waals surface area contributed by atoms with E-state index in [1.165, 1.54) is 7.11 Å². The smallest absolute Gasteiger partial charge is 0.338 e. The van der Waals surface area contributed by atoms with Gasteiger partial charge in [0.05, 0.1) is 41.3 Å². The van der Waals surface area contributed by atoms with Gasteiger partial charge in [0, 0.05) is 10.6 Å². The van der Waals surface area contributed by atoms with Crippen molar-refractivity contribution in [2.45, 2.75) is 27.0 Å². The first-order valence-electron chi connectivity index (χ1n) is 11.4. The maximum atomic E-state index is 13.0.